The van der Waals surface area contributed by atoms with Gasteiger partial charge in [0, 0.05) is 11.8 Å². The highest BCUT2D eigenvalue weighted by Gasteiger charge is 1.98. The van der Waals surface area contributed by atoms with Crippen molar-refractivity contribution >= 4 is 5.69 Å². The second kappa shape index (κ2) is 4.91. The Morgan fingerprint density at radius 2 is 1.71 bits per heavy atom. The van der Waals surface area contributed by atoms with Gasteiger partial charge in [-0.1, -0.05) is 35.4 Å². The quantitative estimate of drug-likeness (QED) is 0.815. The molecule has 2 heteroatoms. The first-order valence-corrected chi connectivity index (χ1v) is 5.69. The number of anilines is 1. The molecule has 0 aromatic heterocycles. The number of aryl methyl sites for hydroxylation is 2. The Balaban J connectivity index is 2.07. The van der Waals surface area contributed by atoms with E-state index in [9.17, 15) is 0 Å². The third-order valence-corrected chi connectivity index (χ3v) is 2.55. The Hall–Kier alpha value is -1.96. The molecule has 0 atom stereocenters. The molecular weight excluding hydrogens is 210 g/mol. The summed E-state index contributed by atoms with van der Waals surface area (Å²) in [5, 5.41) is 0. The minimum absolute atomic E-state index is 0.575. The fraction of sp³-hybridized carbons (Fsp3) is 0.200. The summed E-state index contributed by atoms with van der Waals surface area (Å²) in [4.78, 5) is 0. The van der Waals surface area contributed by atoms with Gasteiger partial charge in [0.1, 0.15) is 12.4 Å². The van der Waals surface area contributed by atoms with Crippen molar-refractivity contribution in [1.29, 1.82) is 0 Å². The lowest BCUT2D eigenvalue weighted by atomic mass is 10.1. The molecule has 2 aromatic carbocycles. The molecule has 0 saturated carbocycles. The second-order valence-electron chi connectivity index (χ2n) is 4.36. The van der Waals surface area contributed by atoms with Crippen LogP contribution in [0.3, 0.4) is 0 Å². The van der Waals surface area contributed by atoms with Crippen LogP contribution in [0.4, 0.5) is 5.69 Å². The molecule has 0 radical (unpaired) electrons. The molecule has 2 nitrogen and oxygen atoms in total. The highest BCUT2D eigenvalue weighted by atomic mass is 16.5. The molecule has 2 rings (SSSR count). The molecule has 0 fully saturated rings. The average molecular weight is 227 g/mol. The van der Waals surface area contributed by atoms with Crippen molar-refractivity contribution in [3.05, 3.63) is 59.2 Å². The van der Waals surface area contributed by atoms with Crippen LogP contribution in [0, 0.1) is 13.8 Å². The Morgan fingerprint density at radius 3 is 2.35 bits per heavy atom. The van der Waals surface area contributed by atoms with E-state index in [2.05, 4.69) is 32.0 Å². The van der Waals surface area contributed by atoms with Crippen molar-refractivity contribution in [2.45, 2.75) is 20.5 Å². The number of hydrogen-bond acceptors (Lipinski definition) is 2. The van der Waals surface area contributed by atoms with Gasteiger partial charge in [-0.05, 0) is 31.5 Å². The topological polar surface area (TPSA) is 35.2 Å². The molecule has 0 bridgehead atoms. The van der Waals surface area contributed by atoms with Gasteiger partial charge in [-0.2, -0.15) is 0 Å². The number of hydrogen-bond donors (Lipinski definition) is 1. The minimum atomic E-state index is 0.575. The van der Waals surface area contributed by atoms with E-state index in [0.29, 0.717) is 6.61 Å². The summed E-state index contributed by atoms with van der Waals surface area (Å²) in [5.41, 5.74) is 10.1. The van der Waals surface area contributed by atoms with Crippen LogP contribution in [-0.4, -0.2) is 0 Å². The summed E-state index contributed by atoms with van der Waals surface area (Å²) in [6, 6.07) is 13.9. The summed E-state index contributed by atoms with van der Waals surface area (Å²) in [6.07, 6.45) is 0. The van der Waals surface area contributed by atoms with Gasteiger partial charge < -0.3 is 10.5 Å². The van der Waals surface area contributed by atoms with Gasteiger partial charge in [-0.3, -0.25) is 0 Å². The molecular formula is C15H17NO. The van der Waals surface area contributed by atoms with E-state index in [-0.39, 0.29) is 0 Å². The highest BCUT2D eigenvalue weighted by Crippen LogP contribution is 2.17. The number of ether oxygens (including phenoxy) is 1. The summed E-state index contributed by atoms with van der Waals surface area (Å²) in [5.74, 6) is 0.809. The van der Waals surface area contributed by atoms with Crippen LogP contribution in [0.15, 0.2) is 42.5 Å². The third-order valence-electron chi connectivity index (χ3n) is 2.55. The highest BCUT2D eigenvalue weighted by molar-refractivity contribution is 5.43. The molecule has 0 unspecified atom stereocenters. The largest absolute Gasteiger partial charge is 0.489 e. The van der Waals surface area contributed by atoms with Crippen LogP contribution in [0.25, 0.3) is 0 Å². The third kappa shape index (κ3) is 3.25. The number of nitrogens with two attached hydrogens (primary N) is 1. The van der Waals surface area contributed by atoms with Gasteiger partial charge in [0.2, 0.25) is 0 Å². The Morgan fingerprint density at radius 1 is 1.00 bits per heavy atom. The predicted molar refractivity (Wildman–Crippen MR) is 71.1 cm³/mol. The van der Waals surface area contributed by atoms with E-state index in [0.717, 1.165) is 11.4 Å². The van der Waals surface area contributed by atoms with Crippen molar-refractivity contribution in [3.8, 4) is 5.75 Å². The van der Waals surface area contributed by atoms with E-state index in [1.165, 1.54) is 16.7 Å². The predicted octanol–water partition coefficient (Wildman–Crippen LogP) is 3.46. The normalized spacial score (nSPS) is 10.2. The minimum Gasteiger partial charge on any atom is -0.489 e. The first kappa shape index (κ1) is 11.5. The number of benzene rings is 2. The van der Waals surface area contributed by atoms with Gasteiger partial charge in [0.05, 0.1) is 0 Å². The summed E-state index contributed by atoms with van der Waals surface area (Å²) >= 11 is 0. The first-order valence-electron chi connectivity index (χ1n) is 5.69. The van der Waals surface area contributed by atoms with Crippen LogP contribution in [-0.2, 0) is 6.61 Å². The zero-order chi connectivity index (χ0) is 12.3. The van der Waals surface area contributed by atoms with E-state index < -0.39 is 0 Å². The molecule has 88 valence electrons. The lowest BCUT2D eigenvalue weighted by molar-refractivity contribution is 0.306. The van der Waals surface area contributed by atoms with E-state index in [1.54, 1.807) is 0 Å². The number of nitrogen functional groups attached to an aromatic ring is 1. The SMILES string of the molecule is Cc1cc(C)cc(COc2cccc(N)c2)c1. The zero-order valence-corrected chi connectivity index (χ0v) is 10.2. The van der Waals surface area contributed by atoms with E-state index in [1.807, 2.05) is 24.3 Å². The molecule has 0 aliphatic rings. The standard InChI is InChI=1S/C15H17NO/c1-11-6-12(2)8-13(7-11)10-17-15-5-3-4-14(16)9-15/h3-9H,10,16H2,1-2H3. The van der Waals surface area contributed by atoms with Crippen molar-refractivity contribution in [2.75, 3.05) is 5.73 Å². The van der Waals surface area contributed by atoms with Crippen LogP contribution >= 0.6 is 0 Å². The molecule has 0 amide bonds. The van der Waals surface area contributed by atoms with Gasteiger partial charge in [-0.15, -0.1) is 0 Å². The second-order valence-corrected chi connectivity index (χ2v) is 4.36. The molecule has 2 N–H and O–H groups in total. The maximum absolute atomic E-state index is 5.70. The molecule has 0 aliphatic heterocycles. The van der Waals surface area contributed by atoms with Gasteiger partial charge in [0.15, 0.2) is 0 Å². The smallest absolute Gasteiger partial charge is 0.121 e. The first-order chi connectivity index (χ1) is 8.13. The molecule has 17 heavy (non-hydrogen) atoms. The lowest BCUT2D eigenvalue weighted by Gasteiger charge is -2.08. The zero-order valence-electron chi connectivity index (χ0n) is 10.2. The van der Waals surface area contributed by atoms with Crippen LogP contribution in [0.2, 0.25) is 0 Å². The van der Waals surface area contributed by atoms with Crippen LogP contribution in [0.1, 0.15) is 16.7 Å². The fourth-order valence-electron chi connectivity index (χ4n) is 1.92. The molecule has 0 saturated heterocycles. The molecule has 0 spiro atoms. The Bertz CT molecular complexity index is 500. The Labute approximate surface area is 102 Å². The van der Waals surface area contributed by atoms with E-state index in [4.69, 9.17) is 10.5 Å². The average Bonchev–Trinajstić information content (AvgIpc) is 2.25. The summed E-state index contributed by atoms with van der Waals surface area (Å²) in [6.45, 7) is 4.76. The summed E-state index contributed by atoms with van der Waals surface area (Å²) in [7, 11) is 0. The Kier molecular flexibility index (Phi) is 3.33. The van der Waals surface area contributed by atoms with Crippen molar-refractivity contribution in [1.82, 2.24) is 0 Å². The maximum atomic E-state index is 5.70. The monoisotopic (exact) mass is 227 g/mol. The lowest BCUT2D eigenvalue weighted by Crippen LogP contribution is -1.97. The molecule has 0 aliphatic carbocycles. The molecule has 2 aromatic rings. The van der Waals surface area contributed by atoms with Crippen LogP contribution < -0.4 is 10.5 Å². The maximum Gasteiger partial charge on any atom is 0.121 e. The van der Waals surface area contributed by atoms with Gasteiger partial charge >= 0.3 is 0 Å². The van der Waals surface area contributed by atoms with Crippen molar-refractivity contribution < 1.29 is 4.74 Å². The van der Waals surface area contributed by atoms with Gasteiger partial charge in [-0.25, -0.2) is 0 Å². The van der Waals surface area contributed by atoms with Crippen molar-refractivity contribution in [2.24, 2.45) is 0 Å². The number of rotatable bonds is 3. The molecule has 0 heterocycles. The van der Waals surface area contributed by atoms with Crippen LogP contribution in [0.5, 0.6) is 5.75 Å². The van der Waals surface area contributed by atoms with Crippen molar-refractivity contribution in [3.63, 3.8) is 0 Å². The van der Waals surface area contributed by atoms with Gasteiger partial charge in [0.25, 0.3) is 0 Å². The van der Waals surface area contributed by atoms with E-state index >= 15 is 0 Å². The fourth-order valence-corrected chi connectivity index (χ4v) is 1.92. The summed E-state index contributed by atoms with van der Waals surface area (Å²) < 4.78 is 5.70.